The van der Waals surface area contributed by atoms with Crippen LogP contribution < -0.4 is 9.47 Å². The number of methoxy groups -OCH3 is 2. The van der Waals surface area contributed by atoms with Gasteiger partial charge in [-0.3, -0.25) is 0 Å². The van der Waals surface area contributed by atoms with Crippen molar-refractivity contribution in [3.05, 3.63) is 23.8 Å². The first kappa shape index (κ1) is 12.2. The highest BCUT2D eigenvalue weighted by Crippen LogP contribution is 2.39. The number of rotatable bonds is 3. The van der Waals surface area contributed by atoms with Crippen LogP contribution >= 0.6 is 0 Å². The Morgan fingerprint density at radius 1 is 1.24 bits per heavy atom. The Morgan fingerprint density at radius 2 is 1.88 bits per heavy atom. The Kier molecular flexibility index (Phi) is 3.86. The molecule has 1 N–H and O–H groups in total. The highest BCUT2D eigenvalue weighted by atomic mass is 16.5. The minimum Gasteiger partial charge on any atom is -0.496 e. The summed E-state index contributed by atoms with van der Waals surface area (Å²) in [5.41, 5.74) is 0.885. The fourth-order valence-electron chi connectivity index (χ4n) is 2.18. The first-order chi connectivity index (χ1) is 8.26. The number of hydrogen-bond acceptors (Lipinski definition) is 4. The van der Waals surface area contributed by atoms with Crippen LogP contribution in [-0.4, -0.2) is 32.0 Å². The first-order valence-electron chi connectivity index (χ1n) is 5.76. The Balaban J connectivity index is 2.34. The summed E-state index contributed by atoms with van der Waals surface area (Å²) in [7, 11) is 3.25. The molecule has 0 aromatic heterocycles. The molecule has 1 heterocycles. The summed E-state index contributed by atoms with van der Waals surface area (Å²) in [4.78, 5) is 0. The van der Waals surface area contributed by atoms with Gasteiger partial charge < -0.3 is 19.3 Å². The van der Waals surface area contributed by atoms with E-state index in [4.69, 9.17) is 14.2 Å². The molecule has 0 spiro atoms. The standard InChI is InChI=1S/C13H18O4/c1-15-10-4-3-5-11(16-2)13(10)12-8-9(14)6-7-17-12/h3-5,9,12,14H,6-8H2,1-2H3. The lowest BCUT2D eigenvalue weighted by Gasteiger charge is -2.28. The normalized spacial score (nSPS) is 24.4. The third kappa shape index (κ3) is 2.53. The van der Waals surface area contributed by atoms with Crippen molar-refractivity contribution >= 4 is 0 Å². The van der Waals surface area contributed by atoms with Gasteiger partial charge in [0.05, 0.1) is 32.0 Å². The van der Waals surface area contributed by atoms with Crippen molar-refractivity contribution in [2.75, 3.05) is 20.8 Å². The molecule has 2 rings (SSSR count). The molecule has 2 unspecified atom stereocenters. The smallest absolute Gasteiger partial charge is 0.128 e. The average Bonchev–Trinajstić information content (AvgIpc) is 2.37. The van der Waals surface area contributed by atoms with Crippen LogP contribution in [0.15, 0.2) is 18.2 Å². The fraction of sp³-hybridized carbons (Fsp3) is 0.538. The molecule has 1 aromatic rings. The van der Waals surface area contributed by atoms with Gasteiger partial charge in [0.1, 0.15) is 11.5 Å². The SMILES string of the molecule is COc1cccc(OC)c1C1CC(O)CCO1. The van der Waals surface area contributed by atoms with Gasteiger partial charge in [-0.2, -0.15) is 0 Å². The van der Waals surface area contributed by atoms with Crippen molar-refractivity contribution in [1.29, 1.82) is 0 Å². The number of ether oxygens (including phenoxy) is 3. The quantitative estimate of drug-likeness (QED) is 0.874. The molecule has 1 aliphatic rings. The highest BCUT2D eigenvalue weighted by molar-refractivity contribution is 5.46. The molecule has 1 saturated heterocycles. The van der Waals surface area contributed by atoms with E-state index in [-0.39, 0.29) is 12.2 Å². The minimum atomic E-state index is -0.316. The summed E-state index contributed by atoms with van der Waals surface area (Å²) in [5.74, 6) is 1.48. The van der Waals surface area contributed by atoms with Crippen LogP contribution in [0.2, 0.25) is 0 Å². The zero-order valence-corrected chi connectivity index (χ0v) is 10.2. The molecule has 0 amide bonds. The van der Waals surface area contributed by atoms with Crippen LogP contribution in [0.4, 0.5) is 0 Å². The molecule has 1 fully saturated rings. The van der Waals surface area contributed by atoms with E-state index in [0.29, 0.717) is 19.4 Å². The van der Waals surface area contributed by atoms with E-state index in [0.717, 1.165) is 17.1 Å². The van der Waals surface area contributed by atoms with Crippen LogP contribution in [0, 0.1) is 0 Å². The molecular formula is C13H18O4. The van der Waals surface area contributed by atoms with Gasteiger partial charge in [0.25, 0.3) is 0 Å². The summed E-state index contributed by atoms with van der Waals surface area (Å²) < 4.78 is 16.4. The van der Waals surface area contributed by atoms with Gasteiger partial charge in [-0.15, -0.1) is 0 Å². The lowest BCUT2D eigenvalue weighted by atomic mass is 9.98. The zero-order valence-electron chi connectivity index (χ0n) is 10.2. The number of aliphatic hydroxyl groups excluding tert-OH is 1. The summed E-state index contributed by atoms with van der Waals surface area (Å²) in [6.07, 6.45) is 0.790. The lowest BCUT2D eigenvalue weighted by Crippen LogP contribution is -2.24. The molecule has 4 heteroatoms. The molecule has 1 aromatic carbocycles. The molecule has 0 radical (unpaired) electrons. The average molecular weight is 238 g/mol. The van der Waals surface area contributed by atoms with Gasteiger partial charge in [-0.1, -0.05) is 6.07 Å². The topological polar surface area (TPSA) is 47.9 Å². The van der Waals surface area contributed by atoms with Crippen molar-refractivity contribution in [3.8, 4) is 11.5 Å². The summed E-state index contributed by atoms with van der Waals surface area (Å²) in [5, 5.41) is 9.71. The van der Waals surface area contributed by atoms with E-state index < -0.39 is 0 Å². The Labute approximate surface area is 101 Å². The monoisotopic (exact) mass is 238 g/mol. The molecule has 2 atom stereocenters. The molecule has 1 aliphatic heterocycles. The largest absolute Gasteiger partial charge is 0.496 e. The minimum absolute atomic E-state index is 0.162. The number of benzene rings is 1. The van der Waals surface area contributed by atoms with Crippen LogP contribution in [0.5, 0.6) is 11.5 Å². The maximum atomic E-state index is 9.71. The maximum Gasteiger partial charge on any atom is 0.128 e. The van der Waals surface area contributed by atoms with Gasteiger partial charge >= 0.3 is 0 Å². The second-order valence-corrected chi connectivity index (χ2v) is 4.11. The summed E-state index contributed by atoms with van der Waals surface area (Å²) in [6.45, 7) is 0.563. The predicted octanol–water partition coefficient (Wildman–Crippen LogP) is 1.92. The Bertz CT molecular complexity index is 355. The van der Waals surface area contributed by atoms with Gasteiger partial charge in [0, 0.05) is 13.0 Å². The van der Waals surface area contributed by atoms with Crippen molar-refractivity contribution in [3.63, 3.8) is 0 Å². The van der Waals surface area contributed by atoms with Crippen LogP contribution in [0.25, 0.3) is 0 Å². The summed E-state index contributed by atoms with van der Waals surface area (Å²) in [6, 6.07) is 5.63. The van der Waals surface area contributed by atoms with Crippen molar-refractivity contribution in [2.24, 2.45) is 0 Å². The second-order valence-electron chi connectivity index (χ2n) is 4.11. The third-order valence-electron chi connectivity index (χ3n) is 3.04. The highest BCUT2D eigenvalue weighted by Gasteiger charge is 2.27. The Hall–Kier alpha value is -1.26. The molecule has 0 bridgehead atoms. The summed E-state index contributed by atoms with van der Waals surface area (Å²) >= 11 is 0. The number of aliphatic hydroxyl groups is 1. The lowest BCUT2D eigenvalue weighted by molar-refractivity contribution is -0.0463. The maximum absolute atomic E-state index is 9.71. The second kappa shape index (κ2) is 5.38. The molecule has 4 nitrogen and oxygen atoms in total. The molecule has 17 heavy (non-hydrogen) atoms. The number of hydrogen-bond donors (Lipinski definition) is 1. The van der Waals surface area contributed by atoms with Crippen molar-refractivity contribution in [2.45, 2.75) is 25.0 Å². The van der Waals surface area contributed by atoms with E-state index >= 15 is 0 Å². The van der Waals surface area contributed by atoms with E-state index in [2.05, 4.69) is 0 Å². The zero-order chi connectivity index (χ0) is 12.3. The van der Waals surface area contributed by atoms with Crippen LogP contribution in [-0.2, 0) is 4.74 Å². The molecule has 94 valence electrons. The van der Waals surface area contributed by atoms with Gasteiger partial charge in [0.2, 0.25) is 0 Å². The first-order valence-corrected chi connectivity index (χ1v) is 5.76. The van der Waals surface area contributed by atoms with Gasteiger partial charge in [0.15, 0.2) is 0 Å². The molecule has 0 aliphatic carbocycles. The van der Waals surface area contributed by atoms with Gasteiger partial charge in [-0.05, 0) is 18.6 Å². The van der Waals surface area contributed by atoms with Crippen molar-refractivity contribution < 1.29 is 19.3 Å². The van der Waals surface area contributed by atoms with E-state index in [1.165, 1.54) is 0 Å². The van der Waals surface area contributed by atoms with Crippen LogP contribution in [0.1, 0.15) is 24.5 Å². The van der Waals surface area contributed by atoms with E-state index in [9.17, 15) is 5.11 Å². The third-order valence-corrected chi connectivity index (χ3v) is 3.04. The van der Waals surface area contributed by atoms with E-state index in [1.807, 2.05) is 18.2 Å². The Morgan fingerprint density at radius 3 is 2.41 bits per heavy atom. The van der Waals surface area contributed by atoms with Crippen LogP contribution in [0.3, 0.4) is 0 Å². The molecular weight excluding hydrogens is 220 g/mol. The predicted molar refractivity (Wildman–Crippen MR) is 63.5 cm³/mol. The van der Waals surface area contributed by atoms with Gasteiger partial charge in [-0.25, -0.2) is 0 Å². The van der Waals surface area contributed by atoms with E-state index in [1.54, 1.807) is 14.2 Å². The fourth-order valence-corrected chi connectivity index (χ4v) is 2.18. The molecule has 0 saturated carbocycles. The van der Waals surface area contributed by atoms with Crippen molar-refractivity contribution in [1.82, 2.24) is 0 Å².